The number of nitrogens with one attached hydrogen (secondary N) is 1. The maximum atomic E-state index is 12.2. The second-order valence-electron chi connectivity index (χ2n) is 5.66. The van der Waals surface area contributed by atoms with Gasteiger partial charge in [0.05, 0.1) is 11.3 Å². The van der Waals surface area contributed by atoms with E-state index in [1.54, 1.807) is 42.5 Å². The van der Waals surface area contributed by atoms with Crippen LogP contribution in [-0.2, 0) is 9.59 Å². The van der Waals surface area contributed by atoms with E-state index in [1.807, 2.05) is 6.07 Å². The molecule has 0 unspecified atom stereocenters. The van der Waals surface area contributed by atoms with E-state index in [1.165, 1.54) is 11.8 Å². The highest BCUT2D eigenvalue weighted by molar-refractivity contribution is 5.95. The molecule has 3 rings (SSSR count). The fraction of sp³-hybridized carbons (Fsp3) is 0.211. The van der Waals surface area contributed by atoms with Crippen LogP contribution in [0.5, 0.6) is 11.5 Å². The van der Waals surface area contributed by atoms with Gasteiger partial charge < -0.3 is 19.7 Å². The Kier molecular flexibility index (Phi) is 5.04. The maximum Gasteiger partial charge on any atom is 0.231 e. The highest BCUT2D eigenvalue weighted by Crippen LogP contribution is 2.35. The van der Waals surface area contributed by atoms with Crippen LogP contribution in [0.25, 0.3) is 0 Å². The number of para-hydroxylation sites is 1. The molecule has 0 atom stereocenters. The minimum atomic E-state index is -0.278. The number of benzene rings is 2. The lowest BCUT2D eigenvalue weighted by molar-refractivity contribution is -0.117. The van der Waals surface area contributed by atoms with Gasteiger partial charge in [0.1, 0.15) is 6.07 Å². The molecule has 0 fully saturated rings. The Morgan fingerprint density at radius 2 is 1.96 bits per heavy atom. The first-order valence-electron chi connectivity index (χ1n) is 8.05. The van der Waals surface area contributed by atoms with Crippen LogP contribution in [0.2, 0.25) is 0 Å². The molecular formula is C19H17N3O4. The number of fused-ring (bicyclic) bond motifs is 1. The van der Waals surface area contributed by atoms with Crippen LogP contribution in [0, 0.1) is 11.3 Å². The van der Waals surface area contributed by atoms with Crippen molar-refractivity contribution in [3.8, 4) is 17.6 Å². The number of anilines is 2. The summed E-state index contributed by atoms with van der Waals surface area (Å²) >= 11 is 0. The van der Waals surface area contributed by atoms with E-state index in [0.29, 0.717) is 28.4 Å². The Hall–Kier alpha value is -3.53. The van der Waals surface area contributed by atoms with Crippen molar-refractivity contribution in [3.63, 3.8) is 0 Å². The quantitative estimate of drug-likeness (QED) is 0.894. The lowest BCUT2D eigenvalue weighted by atomic mass is 10.2. The van der Waals surface area contributed by atoms with Crippen molar-refractivity contribution in [2.45, 2.75) is 13.3 Å². The molecule has 2 aromatic carbocycles. The van der Waals surface area contributed by atoms with Crippen molar-refractivity contribution in [3.05, 3.63) is 48.0 Å². The number of carbonyl (C=O) groups is 2. The molecule has 132 valence electrons. The van der Waals surface area contributed by atoms with Gasteiger partial charge in [-0.25, -0.2) is 0 Å². The zero-order chi connectivity index (χ0) is 18.5. The molecule has 0 radical (unpaired) electrons. The maximum absolute atomic E-state index is 12.2. The number of hydrogen-bond donors (Lipinski definition) is 1. The molecule has 7 heteroatoms. The van der Waals surface area contributed by atoms with Crippen molar-refractivity contribution in [1.82, 2.24) is 0 Å². The van der Waals surface area contributed by atoms with Crippen LogP contribution in [-0.4, -0.2) is 25.2 Å². The molecule has 1 N–H and O–H groups in total. The third kappa shape index (κ3) is 3.75. The van der Waals surface area contributed by atoms with Gasteiger partial charge in [-0.3, -0.25) is 9.59 Å². The summed E-state index contributed by atoms with van der Waals surface area (Å²) in [6.07, 6.45) is 0.0911. The molecule has 7 nitrogen and oxygen atoms in total. The topological polar surface area (TPSA) is 91.7 Å². The first-order valence-corrected chi connectivity index (χ1v) is 8.05. The number of ether oxygens (including phenoxy) is 2. The van der Waals surface area contributed by atoms with E-state index >= 15 is 0 Å². The van der Waals surface area contributed by atoms with Crippen molar-refractivity contribution in [2.24, 2.45) is 0 Å². The molecule has 2 aromatic rings. The summed E-state index contributed by atoms with van der Waals surface area (Å²) in [5, 5.41) is 11.8. The van der Waals surface area contributed by atoms with Crippen molar-refractivity contribution < 1.29 is 19.1 Å². The standard InChI is InChI=1S/C19H17N3O4/c1-13(23)22(15-6-7-17-18(10-15)26-12-25-17)9-8-19(24)21-16-5-3-2-4-14(16)11-20/h2-7,10H,8-9,12H2,1H3,(H,21,24). The average molecular weight is 351 g/mol. The van der Waals surface area contributed by atoms with Gasteiger partial charge >= 0.3 is 0 Å². The largest absolute Gasteiger partial charge is 0.454 e. The number of amides is 2. The van der Waals surface area contributed by atoms with E-state index < -0.39 is 0 Å². The Morgan fingerprint density at radius 3 is 2.73 bits per heavy atom. The highest BCUT2D eigenvalue weighted by Gasteiger charge is 2.19. The summed E-state index contributed by atoms with van der Waals surface area (Å²) in [5.41, 5.74) is 1.48. The minimum absolute atomic E-state index is 0.0911. The molecule has 2 amide bonds. The van der Waals surface area contributed by atoms with E-state index in [4.69, 9.17) is 14.7 Å². The zero-order valence-corrected chi connectivity index (χ0v) is 14.2. The highest BCUT2D eigenvalue weighted by atomic mass is 16.7. The number of hydrogen-bond acceptors (Lipinski definition) is 5. The third-order valence-electron chi connectivity index (χ3n) is 3.93. The summed E-state index contributed by atoms with van der Waals surface area (Å²) in [5.74, 6) is 0.734. The van der Waals surface area contributed by atoms with E-state index in [9.17, 15) is 9.59 Å². The summed E-state index contributed by atoms with van der Waals surface area (Å²) in [6, 6.07) is 14.0. The second-order valence-corrected chi connectivity index (χ2v) is 5.66. The fourth-order valence-electron chi connectivity index (χ4n) is 2.64. The van der Waals surface area contributed by atoms with Crippen LogP contribution < -0.4 is 19.7 Å². The molecule has 0 aromatic heterocycles. The molecule has 0 saturated heterocycles. The Bertz CT molecular complexity index is 889. The van der Waals surface area contributed by atoms with Crippen molar-refractivity contribution >= 4 is 23.2 Å². The van der Waals surface area contributed by atoms with Gasteiger partial charge in [0.25, 0.3) is 0 Å². The van der Waals surface area contributed by atoms with Gasteiger partial charge in [-0.05, 0) is 24.3 Å². The second kappa shape index (κ2) is 7.57. The SMILES string of the molecule is CC(=O)N(CCC(=O)Nc1ccccc1C#N)c1ccc2c(c1)OCO2. The number of rotatable bonds is 5. The van der Waals surface area contributed by atoms with Gasteiger partial charge in [-0.15, -0.1) is 0 Å². The lowest BCUT2D eigenvalue weighted by Crippen LogP contribution is -2.32. The van der Waals surface area contributed by atoms with Crippen LogP contribution in [0.3, 0.4) is 0 Å². The van der Waals surface area contributed by atoms with E-state index in [-0.39, 0.29) is 31.6 Å². The monoisotopic (exact) mass is 351 g/mol. The molecule has 1 aliphatic heterocycles. The first kappa shape index (κ1) is 17.3. The predicted molar refractivity (Wildman–Crippen MR) is 95.0 cm³/mol. The van der Waals surface area contributed by atoms with Crippen LogP contribution in [0.4, 0.5) is 11.4 Å². The smallest absolute Gasteiger partial charge is 0.231 e. The predicted octanol–water partition coefficient (Wildman–Crippen LogP) is 2.67. The normalized spacial score (nSPS) is 11.5. The van der Waals surface area contributed by atoms with Gasteiger partial charge in [-0.1, -0.05) is 12.1 Å². The number of nitrogens with zero attached hydrogens (tertiary/aromatic N) is 2. The average Bonchev–Trinajstić information content (AvgIpc) is 3.10. The molecular weight excluding hydrogens is 334 g/mol. The summed E-state index contributed by atoms with van der Waals surface area (Å²) in [4.78, 5) is 25.7. The first-order chi connectivity index (χ1) is 12.6. The van der Waals surface area contributed by atoms with Crippen molar-refractivity contribution in [1.29, 1.82) is 5.26 Å². The minimum Gasteiger partial charge on any atom is -0.454 e. The summed E-state index contributed by atoms with van der Waals surface area (Å²) in [7, 11) is 0. The molecule has 26 heavy (non-hydrogen) atoms. The van der Waals surface area contributed by atoms with Crippen molar-refractivity contribution in [2.75, 3.05) is 23.6 Å². The number of nitriles is 1. The van der Waals surface area contributed by atoms with Gasteiger partial charge in [0.2, 0.25) is 18.6 Å². The van der Waals surface area contributed by atoms with Crippen LogP contribution in [0.1, 0.15) is 18.9 Å². The van der Waals surface area contributed by atoms with E-state index in [0.717, 1.165) is 0 Å². The van der Waals surface area contributed by atoms with Crippen LogP contribution >= 0.6 is 0 Å². The molecule has 0 spiro atoms. The Labute approximate surface area is 150 Å². The van der Waals surface area contributed by atoms with E-state index in [2.05, 4.69) is 5.32 Å². The van der Waals surface area contributed by atoms with Gasteiger partial charge in [0.15, 0.2) is 11.5 Å². The molecule has 1 aliphatic rings. The Balaban J connectivity index is 1.67. The number of carbonyl (C=O) groups excluding carboxylic acids is 2. The van der Waals surface area contributed by atoms with Gasteiger partial charge in [0, 0.05) is 31.6 Å². The van der Waals surface area contributed by atoms with Crippen LogP contribution in [0.15, 0.2) is 42.5 Å². The molecule has 0 bridgehead atoms. The lowest BCUT2D eigenvalue weighted by Gasteiger charge is -2.21. The third-order valence-corrected chi connectivity index (χ3v) is 3.93. The molecule has 0 saturated carbocycles. The zero-order valence-electron chi connectivity index (χ0n) is 14.2. The van der Waals surface area contributed by atoms with Gasteiger partial charge in [-0.2, -0.15) is 5.26 Å². The summed E-state index contributed by atoms with van der Waals surface area (Å²) in [6.45, 7) is 1.79. The Morgan fingerprint density at radius 1 is 1.19 bits per heavy atom. The molecule has 1 heterocycles. The fourth-order valence-corrected chi connectivity index (χ4v) is 2.64. The molecule has 0 aliphatic carbocycles. The summed E-state index contributed by atoms with van der Waals surface area (Å²) < 4.78 is 10.6.